The number of hydrogen-bond donors (Lipinski definition) is 1. The van der Waals surface area contributed by atoms with Gasteiger partial charge in [0.25, 0.3) is 5.91 Å². The molecule has 4 heteroatoms. The van der Waals surface area contributed by atoms with E-state index in [0.717, 1.165) is 22.6 Å². The highest BCUT2D eigenvalue weighted by Crippen LogP contribution is 2.19. The van der Waals surface area contributed by atoms with E-state index in [0.29, 0.717) is 13.0 Å². The summed E-state index contributed by atoms with van der Waals surface area (Å²) in [6.45, 7) is 10.5. The predicted molar refractivity (Wildman–Crippen MR) is 105 cm³/mol. The van der Waals surface area contributed by atoms with Crippen LogP contribution in [0.5, 0.6) is 11.5 Å². The van der Waals surface area contributed by atoms with Crippen LogP contribution in [-0.2, 0) is 11.3 Å². The normalized spacial score (nSPS) is 11.9. The van der Waals surface area contributed by atoms with Crippen LogP contribution in [0.25, 0.3) is 0 Å². The number of aryl methyl sites for hydroxylation is 2. The summed E-state index contributed by atoms with van der Waals surface area (Å²) in [5.74, 6) is 1.46. The van der Waals surface area contributed by atoms with E-state index < -0.39 is 6.10 Å². The molecule has 0 radical (unpaired) electrons. The van der Waals surface area contributed by atoms with Gasteiger partial charge in [0, 0.05) is 6.54 Å². The summed E-state index contributed by atoms with van der Waals surface area (Å²) in [4.78, 5) is 12.5. The molecule has 26 heavy (non-hydrogen) atoms. The highest BCUT2D eigenvalue weighted by molar-refractivity contribution is 5.81. The van der Waals surface area contributed by atoms with Crippen molar-refractivity contribution >= 4 is 5.91 Å². The van der Waals surface area contributed by atoms with Gasteiger partial charge in [-0.3, -0.25) is 4.79 Å². The van der Waals surface area contributed by atoms with E-state index in [-0.39, 0.29) is 12.0 Å². The summed E-state index contributed by atoms with van der Waals surface area (Å²) in [5.41, 5.74) is 3.39. The van der Waals surface area contributed by atoms with Gasteiger partial charge in [0.15, 0.2) is 6.10 Å². The number of nitrogens with one attached hydrogen (secondary N) is 1. The Labute approximate surface area is 156 Å². The second-order valence-electron chi connectivity index (χ2n) is 6.79. The van der Waals surface area contributed by atoms with Gasteiger partial charge < -0.3 is 14.8 Å². The zero-order chi connectivity index (χ0) is 19.1. The molecule has 0 aliphatic carbocycles. The summed E-state index contributed by atoms with van der Waals surface area (Å²) in [5, 5.41) is 2.95. The van der Waals surface area contributed by atoms with E-state index in [4.69, 9.17) is 9.47 Å². The summed E-state index contributed by atoms with van der Waals surface area (Å²) < 4.78 is 11.5. The van der Waals surface area contributed by atoms with E-state index >= 15 is 0 Å². The Balaban J connectivity index is 1.91. The quantitative estimate of drug-likeness (QED) is 0.755. The first-order valence-corrected chi connectivity index (χ1v) is 9.16. The third-order valence-electron chi connectivity index (χ3n) is 4.18. The van der Waals surface area contributed by atoms with E-state index in [1.54, 1.807) is 0 Å². The van der Waals surface area contributed by atoms with Crippen molar-refractivity contribution in [1.82, 2.24) is 5.32 Å². The van der Waals surface area contributed by atoms with Crippen molar-refractivity contribution in [3.63, 3.8) is 0 Å². The molecule has 140 valence electrons. The van der Waals surface area contributed by atoms with Gasteiger partial charge in [-0.05, 0) is 75.1 Å². The standard InChI is InChI=1S/C22H29NO3/c1-6-21(26-20-10-7-16(4)17(5)13-20)22(24)23-14-18-8-11-19(12-9-18)25-15(2)3/h7-13,15,21H,6,14H2,1-5H3,(H,23,24)/t21-/m0/s1. The molecule has 2 rings (SSSR count). The topological polar surface area (TPSA) is 47.6 Å². The van der Waals surface area contributed by atoms with E-state index in [9.17, 15) is 4.79 Å². The molecule has 0 aliphatic rings. The molecule has 1 N–H and O–H groups in total. The number of benzene rings is 2. The van der Waals surface area contributed by atoms with Crippen LogP contribution in [0.4, 0.5) is 0 Å². The first-order chi connectivity index (χ1) is 12.4. The zero-order valence-electron chi connectivity index (χ0n) is 16.3. The van der Waals surface area contributed by atoms with Gasteiger partial charge in [0.2, 0.25) is 0 Å². The van der Waals surface area contributed by atoms with Crippen molar-refractivity contribution in [3.05, 3.63) is 59.2 Å². The molecule has 0 bridgehead atoms. The van der Waals surface area contributed by atoms with Crippen molar-refractivity contribution in [2.45, 2.75) is 59.8 Å². The summed E-state index contributed by atoms with van der Waals surface area (Å²) in [7, 11) is 0. The first kappa shape index (κ1) is 19.8. The van der Waals surface area contributed by atoms with Crippen molar-refractivity contribution in [3.8, 4) is 11.5 Å². The minimum absolute atomic E-state index is 0.103. The molecule has 1 amide bonds. The van der Waals surface area contributed by atoms with Crippen molar-refractivity contribution < 1.29 is 14.3 Å². The molecular formula is C22H29NO3. The third kappa shape index (κ3) is 5.80. The molecular weight excluding hydrogens is 326 g/mol. The molecule has 0 saturated carbocycles. The van der Waals surface area contributed by atoms with Crippen molar-refractivity contribution in [1.29, 1.82) is 0 Å². The molecule has 0 unspecified atom stereocenters. The second-order valence-corrected chi connectivity index (χ2v) is 6.79. The zero-order valence-corrected chi connectivity index (χ0v) is 16.3. The molecule has 0 fully saturated rings. The molecule has 0 heterocycles. The summed E-state index contributed by atoms with van der Waals surface area (Å²) in [6.07, 6.45) is 0.258. The van der Waals surface area contributed by atoms with Gasteiger partial charge in [0.1, 0.15) is 11.5 Å². The first-order valence-electron chi connectivity index (χ1n) is 9.16. The van der Waals surface area contributed by atoms with Gasteiger partial charge in [-0.25, -0.2) is 0 Å². The lowest BCUT2D eigenvalue weighted by Crippen LogP contribution is -2.37. The number of carbonyl (C=O) groups excluding carboxylic acids is 1. The highest BCUT2D eigenvalue weighted by atomic mass is 16.5. The monoisotopic (exact) mass is 355 g/mol. The summed E-state index contributed by atoms with van der Waals surface area (Å²) in [6, 6.07) is 13.7. The Kier molecular flexibility index (Phi) is 7.07. The number of carbonyl (C=O) groups is 1. The van der Waals surface area contributed by atoms with Crippen molar-refractivity contribution in [2.75, 3.05) is 0 Å². The largest absolute Gasteiger partial charge is 0.491 e. The molecule has 2 aromatic carbocycles. The van der Waals surface area contributed by atoms with Crippen LogP contribution in [0, 0.1) is 13.8 Å². The number of rotatable bonds is 8. The van der Waals surface area contributed by atoms with Crippen LogP contribution in [-0.4, -0.2) is 18.1 Å². The molecule has 1 atom stereocenters. The van der Waals surface area contributed by atoms with E-state index in [2.05, 4.69) is 12.2 Å². The number of amides is 1. The number of ether oxygens (including phenoxy) is 2. The minimum atomic E-state index is -0.499. The Morgan fingerprint density at radius 3 is 2.19 bits per heavy atom. The highest BCUT2D eigenvalue weighted by Gasteiger charge is 2.18. The van der Waals surface area contributed by atoms with Gasteiger partial charge >= 0.3 is 0 Å². The van der Waals surface area contributed by atoms with Crippen LogP contribution in [0.3, 0.4) is 0 Å². The molecule has 4 nitrogen and oxygen atoms in total. The smallest absolute Gasteiger partial charge is 0.261 e. The maximum Gasteiger partial charge on any atom is 0.261 e. The predicted octanol–water partition coefficient (Wildman–Crippen LogP) is 4.56. The van der Waals surface area contributed by atoms with Crippen LogP contribution in [0.15, 0.2) is 42.5 Å². The summed E-state index contributed by atoms with van der Waals surface area (Å²) >= 11 is 0. The Morgan fingerprint density at radius 2 is 1.62 bits per heavy atom. The molecule has 0 spiro atoms. The number of hydrogen-bond acceptors (Lipinski definition) is 3. The van der Waals surface area contributed by atoms with Gasteiger partial charge in [-0.15, -0.1) is 0 Å². The molecule has 0 aliphatic heterocycles. The van der Waals surface area contributed by atoms with Crippen molar-refractivity contribution in [2.24, 2.45) is 0 Å². The lowest BCUT2D eigenvalue weighted by Gasteiger charge is -2.18. The maximum absolute atomic E-state index is 12.5. The van der Waals surface area contributed by atoms with Gasteiger partial charge in [-0.1, -0.05) is 25.1 Å². The van der Waals surface area contributed by atoms with E-state index in [1.165, 1.54) is 5.56 Å². The Bertz CT molecular complexity index is 723. The molecule has 0 saturated heterocycles. The fraction of sp³-hybridized carbons (Fsp3) is 0.409. The Morgan fingerprint density at radius 1 is 0.962 bits per heavy atom. The average Bonchev–Trinajstić information content (AvgIpc) is 2.61. The van der Waals surface area contributed by atoms with Crippen LogP contribution in [0.2, 0.25) is 0 Å². The lowest BCUT2D eigenvalue weighted by atomic mass is 10.1. The van der Waals surface area contributed by atoms with Crippen LogP contribution >= 0.6 is 0 Å². The minimum Gasteiger partial charge on any atom is -0.491 e. The third-order valence-corrected chi connectivity index (χ3v) is 4.18. The van der Waals surface area contributed by atoms with E-state index in [1.807, 2.05) is 70.2 Å². The molecule has 2 aromatic rings. The second kappa shape index (κ2) is 9.27. The SMILES string of the molecule is CC[C@H](Oc1ccc(C)c(C)c1)C(=O)NCc1ccc(OC(C)C)cc1. The lowest BCUT2D eigenvalue weighted by molar-refractivity contribution is -0.128. The Hall–Kier alpha value is -2.49. The average molecular weight is 355 g/mol. The fourth-order valence-electron chi connectivity index (χ4n) is 2.53. The van der Waals surface area contributed by atoms with Gasteiger partial charge in [0.05, 0.1) is 6.10 Å². The maximum atomic E-state index is 12.5. The molecule has 0 aromatic heterocycles. The van der Waals surface area contributed by atoms with Crippen LogP contribution in [0.1, 0.15) is 43.9 Å². The fourth-order valence-corrected chi connectivity index (χ4v) is 2.53. The van der Waals surface area contributed by atoms with Gasteiger partial charge in [-0.2, -0.15) is 0 Å². The van der Waals surface area contributed by atoms with Crippen LogP contribution < -0.4 is 14.8 Å².